The largest absolute Gasteiger partial charge is 0.496 e. The first-order valence-electron chi connectivity index (χ1n) is 9.42. The van der Waals surface area contributed by atoms with Gasteiger partial charge in [-0.1, -0.05) is 24.3 Å². The number of nitrogens with zero attached hydrogens (tertiary/aromatic N) is 3. The maximum Gasteiger partial charge on any atom is 0.142 e. The van der Waals surface area contributed by atoms with E-state index >= 15 is 0 Å². The molecule has 1 aliphatic rings. The summed E-state index contributed by atoms with van der Waals surface area (Å²) in [5, 5.41) is 8.68. The van der Waals surface area contributed by atoms with Crippen molar-refractivity contribution >= 4 is 5.69 Å². The molecule has 5 nitrogen and oxygen atoms in total. The highest BCUT2D eigenvalue weighted by atomic mass is 16.5. The molecule has 3 rings (SSSR count). The van der Waals surface area contributed by atoms with Crippen LogP contribution >= 0.6 is 0 Å². The monoisotopic (exact) mass is 365 g/mol. The second-order valence-electron chi connectivity index (χ2n) is 6.68. The molecule has 0 spiro atoms. The van der Waals surface area contributed by atoms with Crippen molar-refractivity contribution in [3.63, 3.8) is 0 Å². The number of piperazine rings is 1. The number of rotatable bonds is 7. The van der Waals surface area contributed by atoms with E-state index < -0.39 is 0 Å². The van der Waals surface area contributed by atoms with Crippen molar-refractivity contribution < 1.29 is 9.47 Å². The van der Waals surface area contributed by atoms with Crippen molar-refractivity contribution in [3.8, 4) is 28.7 Å². The van der Waals surface area contributed by atoms with Gasteiger partial charge in [0.05, 0.1) is 26.0 Å². The minimum absolute atomic E-state index is 0.637. The van der Waals surface area contributed by atoms with Gasteiger partial charge in [-0.2, -0.15) is 5.26 Å². The van der Waals surface area contributed by atoms with Gasteiger partial charge in [-0.25, -0.2) is 0 Å². The van der Waals surface area contributed by atoms with E-state index in [1.807, 2.05) is 18.2 Å². The normalized spacial score (nSPS) is 14.6. The number of ether oxygens (including phenoxy) is 2. The average Bonchev–Trinajstić information content (AvgIpc) is 2.74. The maximum atomic E-state index is 8.68. The Hall–Kier alpha value is -2.71. The van der Waals surface area contributed by atoms with Crippen LogP contribution in [-0.4, -0.2) is 51.8 Å². The Bertz CT molecular complexity index is 792. The lowest BCUT2D eigenvalue weighted by atomic mass is 10.0. The van der Waals surface area contributed by atoms with E-state index in [0.29, 0.717) is 6.42 Å². The highest BCUT2D eigenvalue weighted by molar-refractivity contribution is 5.75. The molecule has 142 valence electrons. The quantitative estimate of drug-likeness (QED) is 0.699. The van der Waals surface area contributed by atoms with Crippen molar-refractivity contribution in [1.29, 1.82) is 5.26 Å². The smallest absolute Gasteiger partial charge is 0.142 e. The first kappa shape index (κ1) is 19.1. The van der Waals surface area contributed by atoms with Gasteiger partial charge in [0.1, 0.15) is 11.5 Å². The molecule has 0 amide bonds. The summed E-state index contributed by atoms with van der Waals surface area (Å²) in [6, 6.07) is 16.6. The van der Waals surface area contributed by atoms with E-state index in [1.165, 1.54) is 0 Å². The summed E-state index contributed by atoms with van der Waals surface area (Å²) in [4.78, 5) is 4.81. The second-order valence-corrected chi connectivity index (χ2v) is 6.68. The molecule has 27 heavy (non-hydrogen) atoms. The number of anilines is 1. The van der Waals surface area contributed by atoms with Crippen LogP contribution in [0.15, 0.2) is 42.5 Å². The van der Waals surface area contributed by atoms with Crippen molar-refractivity contribution in [3.05, 3.63) is 42.5 Å². The van der Waals surface area contributed by atoms with Crippen LogP contribution in [0.2, 0.25) is 0 Å². The summed E-state index contributed by atoms with van der Waals surface area (Å²) >= 11 is 0. The van der Waals surface area contributed by atoms with Crippen LogP contribution in [0, 0.1) is 11.3 Å². The third kappa shape index (κ3) is 4.53. The van der Waals surface area contributed by atoms with Gasteiger partial charge in [-0.15, -0.1) is 0 Å². The standard InChI is InChI=1S/C22H27N3O2/c1-26-21-8-4-3-7-19(21)18-9-10-20(22(17-18)27-2)25-15-13-24(14-16-25)12-6-5-11-23/h3-4,7-10,17H,5-6,12-16H2,1-2H3. The number of methoxy groups -OCH3 is 2. The average molecular weight is 365 g/mol. The van der Waals surface area contributed by atoms with Gasteiger partial charge in [0.2, 0.25) is 0 Å². The summed E-state index contributed by atoms with van der Waals surface area (Å²) in [6.07, 6.45) is 1.59. The number of hydrogen-bond donors (Lipinski definition) is 0. The van der Waals surface area contributed by atoms with Crippen LogP contribution in [0.4, 0.5) is 5.69 Å². The summed E-state index contributed by atoms with van der Waals surface area (Å²) in [7, 11) is 3.42. The Labute approximate surface area is 161 Å². The number of benzene rings is 2. The minimum atomic E-state index is 0.637. The van der Waals surface area contributed by atoms with Gasteiger partial charge in [-0.05, 0) is 36.7 Å². The highest BCUT2D eigenvalue weighted by Gasteiger charge is 2.20. The maximum absolute atomic E-state index is 8.68. The first-order chi connectivity index (χ1) is 13.3. The summed E-state index contributed by atoms with van der Waals surface area (Å²) in [5.41, 5.74) is 3.28. The Morgan fingerprint density at radius 1 is 0.963 bits per heavy atom. The zero-order chi connectivity index (χ0) is 19.1. The molecular formula is C22H27N3O2. The van der Waals surface area contributed by atoms with Crippen molar-refractivity contribution in [1.82, 2.24) is 4.90 Å². The Morgan fingerprint density at radius 3 is 2.41 bits per heavy atom. The molecule has 5 heteroatoms. The van der Waals surface area contributed by atoms with E-state index in [0.717, 1.165) is 67.5 Å². The summed E-state index contributed by atoms with van der Waals surface area (Å²) < 4.78 is 11.2. The van der Waals surface area contributed by atoms with Gasteiger partial charge in [0.15, 0.2) is 0 Å². The summed E-state index contributed by atoms with van der Waals surface area (Å²) in [6.45, 7) is 4.98. The van der Waals surface area contributed by atoms with E-state index in [-0.39, 0.29) is 0 Å². The molecule has 0 N–H and O–H groups in total. The molecule has 0 radical (unpaired) electrons. The molecule has 0 atom stereocenters. The van der Waals surface area contributed by atoms with Crippen molar-refractivity contribution in [2.24, 2.45) is 0 Å². The predicted octanol–water partition coefficient (Wildman–Crippen LogP) is 3.80. The molecule has 0 aliphatic carbocycles. The van der Waals surface area contributed by atoms with E-state index in [4.69, 9.17) is 14.7 Å². The predicted molar refractivity (Wildman–Crippen MR) is 108 cm³/mol. The van der Waals surface area contributed by atoms with Gasteiger partial charge in [0, 0.05) is 38.2 Å². The number of nitriles is 1. The van der Waals surface area contributed by atoms with Gasteiger partial charge in [0.25, 0.3) is 0 Å². The molecule has 1 fully saturated rings. The molecule has 0 aromatic heterocycles. The van der Waals surface area contributed by atoms with Crippen LogP contribution in [0.1, 0.15) is 12.8 Å². The molecule has 0 bridgehead atoms. The Morgan fingerprint density at radius 2 is 1.70 bits per heavy atom. The second kappa shape index (κ2) is 9.29. The molecular weight excluding hydrogens is 338 g/mol. The van der Waals surface area contributed by atoms with Crippen molar-refractivity contribution in [2.75, 3.05) is 51.8 Å². The van der Waals surface area contributed by atoms with Gasteiger partial charge in [-0.3, -0.25) is 4.90 Å². The lowest BCUT2D eigenvalue weighted by Crippen LogP contribution is -2.46. The Kier molecular flexibility index (Phi) is 6.56. The topological polar surface area (TPSA) is 48.7 Å². The zero-order valence-electron chi connectivity index (χ0n) is 16.1. The summed E-state index contributed by atoms with van der Waals surface area (Å²) in [5.74, 6) is 1.75. The fourth-order valence-electron chi connectivity index (χ4n) is 3.58. The van der Waals surface area contributed by atoms with E-state index in [9.17, 15) is 0 Å². The zero-order valence-corrected chi connectivity index (χ0v) is 16.1. The van der Waals surface area contributed by atoms with E-state index in [2.05, 4.69) is 40.1 Å². The molecule has 1 saturated heterocycles. The number of unbranched alkanes of at least 4 members (excludes halogenated alkanes) is 1. The van der Waals surface area contributed by atoms with Gasteiger partial charge < -0.3 is 14.4 Å². The van der Waals surface area contributed by atoms with Crippen LogP contribution in [0.5, 0.6) is 11.5 Å². The highest BCUT2D eigenvalue weighted by Crippen LogP contribution is 2.37. The molecule has 0 unspecified atom stereocenters. The SMILES string of the molecule is COc1ccccc1-c1ccc(N2CCN(CCCC#N)CC2)c(OC)c1. The number of hydrogen-bond acceptors (Lipinski definition) is 5. The van der Waals surface area contributed by atoms with Crippen LogP contribution < -0.4 is 14.4 Å². The molecule has 1 aliphatic heterocycles. The van der Waals surface area contributed by atoms with Crippen LogP contribution in [-0.2, 0) is 0 Å². The molecule has 2 aromatic rings. The fourth-order valence-corrected chi connectivity index (χ4v) is 3.58. The number of para-hydroxylation sites is 1. The lowest BCUT2D eigenvalue weighted by Gasteiger charge is -2.36. The van der Waals surface area contributed by atoms with E-state index in [1.54, 1.807) is 14.2 Å². The van der Waals surface area contributed by atoms with Crippen LogP contribution in [0.25, 0.3) is 11.1 Å². The minimum Gasteiger partial charge on any atom is -0.496 e. The lowest BCUT2D eigenvalue weighted by molar-refractivity contribution is 0.255. The fraction of sp³-hybridized carbons (Fsp3) is 0.409. The van der Waals surface area contributed by atoms with Crippen molar-refractivity contribution in [2.45, 2.75) is 12.8 Å². The molecule has 0 saturated carbocycles. The molecule has 2 aromatic carbocycles. The van der Waals surface area contributed by atoms with Gasteiger partial charge >= 0.3 is 0 Å². The third-order valence-electron chi connectivity index (χ3n) is 5.07. The molecule has 1 heterocycles. The first-order valence-corrected chi connectivity index (χ1v) is 9.42. The van der Waals surface area contributed by atoms with Crippen LogP contribution in [0.3, 0.4) is 0 Å². The Balaban J connectivity index is 1.73. The third-order valence-corrected chi connectivity index (χ3v) is 5.07.